The molecular weight excluding hydrogens is 334 g/mol. The largest absolute Gasteiger partial charge is 0.341 e. The highest BCUT2D eigenvalue weighted by atomic mass is 35.5. The molecule has 0 saturated heterocycles. The molecule has 8 nitrogen and oxygen atoms in total. The smallest absolute Gasteiger partial charge is 0.319 e. The molecule has 0 spiro atoms. The molecule has 0 fully saturated rings. The van der Waals surface area contributed by atoms with E-state index in [2.05, 4.69) is 14.8 Å². The Labute approximate surface area is 140 Å². The van der Waals surface area contributed by atoms with Gasteiger partial charge in [0.2, 0.25) is 5.69 Å². The minimum Gasteiger partial charge on any atom is -0.341 e. The van der Waals surface area contributed by atoms with Crippen LogP contribution in [0.4, 0.5) is 5.69 Å². The first kappa shape index (κ1) is 14.7. The van der Waals surface area contributed by atoms with Gasteiger partial charge in [-0.2, -0.15) is 5.10 Å². The van der Waals surface area contributed by atoms with E-state index >= 15 is 0 Å². The second-order valence-corrected chi connectivity index (χ2v) is 6.04. The van der Waals surface area contributed by atoms with Crippen molar-refractivity contribution in [2.45, 2.75) is 13.1 Å². The fourth-order valence-electron chi connectivity index (χ4n) is 3.10. The van der Waals surface area contributed by atoms with E-state index in [1.165, 1.54) is 0 Å². The molecule has 0 radical (unpaired) electrons. The first-order valence-corrected chi connectivity index (χ1v) is 7.67. The number of fused-ring (bicyclic) bond motifs is 3. The molecule has 0 unspecified atom stereocenters. The first-order chi connectivity index (χ1) is 11.5. The van der Waals surface area contributed by atoms with Crippen LogP contribution in [0.25, 0.3) is 10.9 Å². The zero-order valence-corrected chi connectivity index (χ0v) is 13.2. The predicted octanol–water partition coefficient (Wildman–Crippen LogP) is 2.58. The van der Waals surface area contributed by atoms with Crippen LogP contribution in [0.2, 0.25) is 5.02 Å². The van der Waals surface area contributed by atoms with E-state index in [1.54, 1.807) is 4.90 Å². The van der Waals surface area contributed by atoms with Crippen molar-refractivity contribution in [3.05, 3.63) is 57.0 Å². The van der Waals surface area contributed by atoms with Gasteiger partial charge in [-0.3, -0.25) is 20.0 Å². The molecule has 3 aromatic rings. The average molecular weight is 346 g/mol. The first-order valence-electron chi connectivity index (χ1n) is 7.29. The Kier molecular flexibility index (Phi) is 3.27. The van der Waals surface area contributed by atoms with Crippen LogP contribution in [0.3, 0.4) is 0 Å². The number of halogens is 1. The molecule has 0 bridgehead atoms. The van der Waals surface area contributed by atoms with Crippen LogP contribution in [0, 0.1) is 10.1 Å². The highest BCUT2D eigenvalue weighted by molar-refractivity contribution is 6.31. The standard InChI is InChI=1S/C15H12ClN5O3/c16-10-1-2-12-9(5-10)6-11-8-19(3-4-20(11)12)15(22)14-13(21(23)24)7-17-18-14/h1-2,5-7H,3-4,8H2,(H,17,18). The maximum atomic E-state index is 12.6. The molecule has 2 aromatic heterocycles. The van der Waals surface area contributed by atoms with Gasteiger partial charge >= 0.3 is 5.69 Å². The lowest BCUT2D eigenvalue weighted by Gasteiger charge is -2.28. The van der Waals surface area contributed by atoms with Gasteiger partial charge in [0, 0.05) is 34.7 Å². The molecular formula is C15H12ClN5O3. The van der Waals surface area contributed by atoms with E-state index in [-0.39, 0.29) is 11.4 Å². The van der Waals surface area contributed by atoms with Gasteiger partial charge in [-0.25, -0.2) is 0 Å². The maximum Gasteiger partial charge on any atom is 0.319 e. The van der Waals surface area contributed by atoms with Gasteiger partial charge in [0.25, 0.3) is 5.91 Å². The van der Waals surface area contributed by atoms with Crippen molar-refractivity contribution in [1.29, 1.82) is 0 Å². The third-order valence-corrected chi connectivity index (χ3v) is 4.45. The van der Waals surface area contributed by atoms with E-state index in [0.717, 1.165) is 22.8 Å². The molecule has 9 heteroatoms. The summed E-state index contributed by atoms with van der Waals surface area (Å²) in [5, 5.41) is 18.7. The Morgan fingerprint density at radius 2 is 2.17 bits per heavy atom. The van der Waals surface area contributed by atoms with Crippen molar-refractivity contribution in [3.8, 4) is 0 Å². The lowest BCUT2D eigenvalue weighted by molar-refractivity contribution is -0.385. The van der Waals surface area contributed by atoms with E-state index in [9.17, 15) is 14.9 Å². The molecule has 0 aliphatic carbocycles. The Bertz CT molecular complexity index is 977. The molecule has 122 valence electrons. The molecule has 24 heavy (non-hydrogen) atoms. The molecule has 1 N–H and O–H groups in total. The number of aromatic nitrogens is 3. The molecule has 0 atom stereocenters. The number of carbonyl (C=O) groups excluding carboxylic acids is 1. The molecule has 1 aliphatic heterocycles. The molecule has 3 heterocycles. The number of hydrogen-bond donors (Lipinski definition) is 1. The summed E-state index contributed by atoms with van der Waals surface area (Å²) in [6.45, 7) is 1.46. The van der Waals surface area contributed by atoms with Crippen LogP contribution < -0.4 is 0 Å². The quantitative estimate of drug-likeness (QED) is 0.570. The third kappa shape index (κ3) is 2.23. The van der Waals surface area contributed by atoms with Crippen molar-refractivity contribution in [2.75, 3.05) is 6.54 Å². The maximum absolute atomic E-state index is 12.6. The SMILES string of the molecule is O=C(c1[nH]ncc1[N+](=O)[O-])N1CCn2c(cc3cc(Cl)ccc32)C1. The second kappa shape index (κ2) is 5.34. The Hall–Kier alpha value is -2.87. The normalized spacial score (nSPS) is 14.0. The van der Waals surface area contributed by atoms with E-state index in [4.69, 9.17) is 11.6 Å². The zero-order chi connectivity index (χ0) is 16.8. The number of nitrogens with one attached hydrogen (secondary N) is 1. The van der Waals surface area contributed by atoms with Crippen LogP contribution in [0.15, 0.2) is 30.5 Å². The van der Waals surface area contributed by atoms with Crippen molar-refractivity contribution in [1.82, 2.24) is 19.7 Å². The highest BCUT2D eigenvalue weighted by Gasteiger charge is 2.29. The number of nitrogens with zero attached hydrogens (tertiary/aromatic N) is 4. The minimum absolute atomic E-state index is 0.0902. The van der Waals surface area contributed by atoms with Gasteiger partial charge in [0.05, 0.1) is 11.5 Å². The van der Waals surface area contributed by atoms with Gasteiger partial charge in [0.1, 0.15) is 6.20 Å². The topological polar surface area (TPSA) is 97.1 Å². The van der Waals surface area contributed by atoms with E-state index < -0.39 is 10.8 Å². The summed E-state index contributed by atoms with van der Waals surface area (Å²) in [4.78, 5) is 24.5. The molecule has 1 amide bonds. The number of amides is 1. The van der Waals surface area contributed by atoms with Crippen molar-refractivity contribution in [3.63, 3.8) is 0 Å². The molecule has 1 aliphatic rings. The molecule has 0 saturated carbocycles. The Balaban J connectivity index is 1.66. The monoisotopic (exact) mass is 345 g/mol. The number of hydrogen-bond acceptors (Lipinski definition) is 4. The minimum atomic E-state index is -0.611. The van der Waals surface area contributed by atoms with Gasteiger partial charge in [-0.15, -0.1) is 0 Å². The number of aromatic amines is 1. The number of H-pyrrole nitrogens is 1. The highest BCUT2D eigenvalue weighted by Crippen LogP contribution is 2.27. The summed E-state index contributed by atoms with van der Waals surface area (Å²) in [6, 6.07) is 7.66. The summed E-state index contributed by atoms with van der Waals surface area (Å²) >= 11 is 6.03. The van der Waals surface area contributed by atoms with Crippen LogP contribution in [0.1, 0.15) is 16.2 Å². The van der Waals surface area contributed by atoms with Crippen LogP contribution in [-0.4, -0.2) is 37.0 Å². The fourth-order valence-corrected chi connectivity index (χ4v) is 3.28. The van der Waals surface area contributed by atoms with Gasteiger partial charge in [-0.1, -0.05) is 11.6 Å². The molecule has 4 rings (SSSR count). The summed E-state index contributed by atoms with van der Waals surface area (Å²) in [5.41, 5.74) is 1.63. The lowest BCUT2D eigenvalue weighted by atomic mass is 10.2. The number of rotatable bonds is 2. The lowest BCUT2D eigenvalue weighted by Crippen LogP contribution is -2.38. The van der Waals surface area contributed by atoms with Crippen molar-refractivity contribution >= 4 is 34.1 Å². The number of carbonyl (C=O) groups is 1. The Morgan fingerprint density at radius 1 is 1.33 bits per heavy atom. The van der Waals surface area contributed by atoms with Crippen molar-refractivity contribution < 1.29 is 9.72 Å². The second-order valence-electron chi connectivity index (χ2n) is 5.60. The van der Waals surface area contributed by atoms with Crippen LogP contribution in [0.5, 0.6) is 0 Å². The Morgan fingerprint density at radius 3 is 2.96 bits per heavy atom. The molecule has 1 aromatic carbocycles. The summed E-state index contributed by atoms with van der Waals surface area (Å²) in [5.74, 6) is -0.422. The zero-order valence-electron chi connectivity index (χ0n) is 12.4. The van der Waals surface area contributed by atoms with Gasteiger partial charge < -0.3 is 9.47 Å². The van der Waals surface area contributed by atoms with Crippen LogP contribution in [-0.2, 0) is 13.1 Å². The van der Waals surface area contributed by atoms with Crippen LogP contribution >= 0.6 is 11.6 Å². The van der Waals surface area contributed by atoms with E-state index in [0.29, 0.717) is 24.7 Å². The summed E-state index contributed by atoms with van der Waals surface area (Å²) in [7, 11) is 0. The number of benzene rings is 1. The van der Waals surface area contributed by atoms with E-state index in [1.807, 2.05) is 24.3 Å². The van der Waals surface area contributed by atoms with Crippen molar-refractivity contribution in [2.24, 2.45) is 0 Å². The number of nitro groups is 1. The fraction of sp³-hybridized carbons (Fsp3) is 0.200. The van der Waals surface area contributed by atoms with Gasteiger partial charge in [0.15, 0.2) is 0 Å². The average Bonchev–Trinajstić information content (AvgIpc) is 3.17. The summed E-state index contributed by atoms with van der Waals surface area (Å²) < 4.78 is 2.14. The predicted molar refractivity (Wildman–Crippen MR) is 86.9 cm³/mol. The third-order valence-electron chi connectivity index (χ3n) is 4.21. The van der Waals surface area contributed by atoms with Gasteiger partial charge in [-0.05, 0) is 24.3 Å². The summed E-state index contributed by atoms with van der Waals surface area (Å²) in [6.07, 6.45) is 1.05.